The summed E-state index contributed by atoms with van der Waals surface area (Å²) in [6.45, 7) is 6.15. The van der Waals surface area contributed by atoms with Crippen LogP contribution in [0.4, 0.5) is 0 Å². The Morgan fingerprint density at radius 1 is 0.900 bits per heavy atom. The van der Waals surface area contributed by atoms with E-state index in [-0.39, 0.29) is 36.2 Å². The van der Waals surface area contributed by atoms with Crippen molar-refractivity contribution in [2.24, 2.45) is 0 Å². The predicted molar refractivity (Wildman–Crippen MR) is 162 cm³/mol. The van der Waals surface area contributed by atoms with Gasteiger partial charge < -0.3 is 10.2 Å². The first-order valence-electron chi connectivity index (χ1n) is 13.3. The van der Waals surface area contributed by atoms with Crippen LogP contribution in [0.15, 0.2) is 94.3 Å². The van der Waals surface area contributed by atoms with E-state index in [0.29, 0.717) is 12.8 Å². The van der Waals surface area contributed by atoms with Crippen LogP contribution in [0.5, 0.6) is 0 Å². The Balaban J connectivity index is 1.85. The summed E-state index contributed by atoms with van der Waals surface area (Å²) < 4.78 is 28.0. The molecular weight excluding hydrogens is 590 g/mol. The van der Waals surface area contributed by atoms with E-state index in [9.17, 15) is 18.0 Å². The van der Waals surface area contributed by atoms with Gasteiger partial charge in [-0.1, -0.05) is 76.6 Å². The fraction of sp³-hybridized carbons (Fsp3) is 0.355. The van der Waals surface area contributed by atoms with Crippen LogP contribution in [-0.4, -0.2) is 54.6 Å². The number of amides is 2. The van der Waals surface area contributed by atoms with E-state index in [1.165, 1.54) is 11.4 Å². The van der Waals surface area contributed by atoms with Crippen LogP contribution in [0.1, 0.15) is 44.7 Å². The summed E-state index contributed by atoms with van der Waals surface area (Å²) >= 11 is 3.50. The first-order chi connectivity index (χ1) is 18.9. The number of sulfonamides is 1. The van der Waals surface area contributed by atoms with E-state index in [0.717, 1.165) is 15.6 Å². The zero-order valence-electron chi connectivity index (χ0n) is 23.5. The summed E-state index contributed by atoms with van der Waals surface area (Å²) in [6.07, 6.45) is 0.761. The van der Waals surface area contributed by atoms with E-state index in [1.807, 2.05) is 75.4 Å². The Bertz CT molecular complexity index is 1380. The Labute approximate surface area is 246 Å². The molecule has 9 heteroatoms. The fourth-order valence-electron chi connectivity index (χ4n) is 4.33. The number of carbonyl (C=O) groups is 2. The fourth-order valence-corrected chi connectivity index (χ4v) is 6.01. The van der Waals surface area contributed by atoms with E-state index < -0.39 is 21.6 Å². The highest BCUT2D eigenvalue weighted by molar-refractivity contribution is 9.10. The van der Waals surface area contributed by atoms with Crippen molar-refractivity contribution in [1.29, 1.82) is 0 Å². The van der Waals surface area contributed by atoms with Crippen molar-refractivity contribution in [3.8, 4) is 0 Å². The lowest BCUT2D eigenvalue weighted by Crippen LogP contribution is -2.54. The Kier molecular flexibility index (Phi) is 11.1. The average Bonchev–Trinajstić information content (AvgIpc) is 2.90. The van der Waals surface area contributed by atoms with Gasteiger partial charge in [0.2, 0.25) is 21.8 Å². The molecule has 2 amide bonds. The smallest absolute Gasteiger partial charge is 0.243 e. The number of benzene rings is 3. The molecule has 1 N–H and O–H groups in total. The maximum absolute atomic E-state index is 13.8. The number of nitrogens with zero attached hydrogens (tertiary/aromatic N) is 2. The molecular formula is C31H38BrN3O4S. The minimum atomic E-state index is -3.66. The largest absolute Gasteiger partial charge is 0.350 e. The van der Waals surface area contributed by atoms with Gasteiger partial charge in [0.1, 0.15) is 6.04 Å². The van der Waals surface area contributed by atoms with Crippen LogP contribution in [0.2, 0.25) is 0 Å². The monoisotopic (exact) mass is 627 g/mol. The second kappa shape index (κ2) is 14.1. The molecule has 40 heavy (non-hydrogen) atoms. The summed E-state index contributed by atoms with van der Waals surface area (Å²) in [4.78, 5) is 29.3. The van der Waals surface area contributed by atoms with E-state index >= 15 is 0 Å². The summed E-state index contributed by atoms with van der Waals surface area (Å²) in [7, 11) is -2.15. The highest BCUT2D eigenvalue weighted by Crippen LogP contribution is 2.20. The van der Waals surface area contributed by atoms with Crippen LogP contribution >= 0.6 is 15.9 Å². The highest BCUT2D eigenvalue weighted by Gasteiger charge is 2.32. The lowest BCUT2D eigenvalue weighted by molar-refractivity contribution is -0.142. The van der Waals surface area contributed by atoms with Crippen LogP contribution in [0.25, 0.3) is 0 Å². The van der Waals surface area contributed by atoms with Gasteiger partial charge in [-0.3, -0.25) is 9.59 Å². The molecule has 3 aromatic carbocycles. The zero-order chi connectivity index (χ0) is 29.3. The third kappa shape index (κ3) is 9.28. The molecule has 0 spiro atoms. The van der Waals surface area contributed by atoms with E-state index in [4.69, 9.17) is 0 Å². The molecule has 0 aliphatic carbocycles. The normalized spacial score (nSPS) is 12.7. The predicted octanol–water partition coefficient (Wildman–Crippen LogP) is 5.40. The van der Waals surface area contributed by atoms with Crippen LogP contribution < -0.4 is 5.32 Å². The molecule has 0 aromatic heterocycles. The van der Waals surface area contributed by atoms with Gasteiger partial charge in [-0.15, -0.1) is 0 Å². The molecule has 1 unspecified atom stereocenters. The van der Waals surface area contributed by atoms with Crippen molar-refractivity contribution in [3.05, 3.63) is 101 Å². The maximum atomic E-state index is 13.8. The quantitative estimate of drug-likeness (QED) is 0.291. The standard InChI is InChI=1S/C31H38BrN3O4S/c1-31(2,3)33-30(37)28(22-24-13-7-5-8-14-24)35(23-25-15-11-16-26(32)21-25)29(36)19-12-20-34(4)40(38,39)27-17-9-6-10-18-27/h5-11,13-18,21,28H,12,19-20,22-23H2,1-4H3,(H,33,37). The molecule has 0 bridgehead atoms. The molecule has 3 rings (SSSR count). The van der Waals surface area contributed by atoms with Crippen LogP contribution in [-0.2, 0) is 32.6 Å². The summed E-state index contributed by atoms with van der Waals surface area (Å²) in [5, 5.41) is 3.05. The number of rotatable bonds is 12. The van der Waals surface area contributed by atoms with Gasteiger partial charge in [-0.05, 0) is 62.6 Å². The van der Waals surface area contributed by atoms with Crippen molar-refractivity contribution in [2.45, 2.75) is 63.1 Å². The molecule has 1 atom stereocenters. The number of hydrogen-bond donors (Lipinski definition) is 1. The molecule has 3 aromatic rings. The summed E-state index contributed by atoms with van der Waals surface area (Å²) in [5.41, 5.74) is 1.34. The second-order valence-electron chi connectivity index (χ2n) is 10.8. The SMILES string of the molecule is CN(CCCC(=O)N(Cc1cccc(Br)c1)C(Cc1ccccc1)C(=O)NC(C)(C)C)S(=O)(=O)c1ccccc1. The number of halogens is 1. The summed E-state index contributed by atoms with van der Waals surface area (Å²) in [6, 6.07) is 24.8. The van der Waals surface area contributed by atoms with Crippen LogP contribution in [0.3, 0.4) is 0 Å². The number of nitrogens with one attached hydrogen (secondary N) is 1. The van der Waals surface area contributed by atoms with Gasteiger partial charge in [0.05, 0.1) is 4.90 Å². The van der Waals surface area contributed by atoms with Gasteiger partial charge >= 0.3 is 0 Å². The lowest BCUT2D eigenvalue weighted by atomic mass is 10.00. The molecule has 0 saturated carbocycles. The third-order valence-corrected chi connectivity index (χ3v) is 8.69. The van der Waals surface area contributed by atoms with Gasteiger partial charge in [0.15, 0.2) is 0 Å². The molecule has 7 nitrogen and oxygen atoms in total. The Morgan fingerprint density at radius 2 is 1.50 bits per heavy atom. The topological polar surface area (TPSA) is 86.8 Å². The van der Waals surface area contributed by atoms with Gasteiger partial charge in [0, 0.05) is 43.0 Å². The van der Waals surface area contributed by atoms with Gasteiger partial charge in [-0.25, -0.2) is 12.7 Å². The lowest BCUT2D eigenvalue weighted by Gasteiger charge is -2.34. The molecule has 0 fully saturated rings. The van der Waals surface area contributed by atoms with Gasteiger partial charge in [0.25, 0.3) is 0 Å². The molecule has 0 aliphatic heterocycles. The first-order valence-corrected chi connectivity index (χ1v) is 15.5. The number of carbonyl (C=O) groups excluding carboxylic acids is 2. The third-order valence-electron chi connectivity index (χ3n) is 6.33. The maximum Gasteiger partial charge on any atom is 0.243 e. The minimum absolute atomic E-state index is 0.0940. The second-order valence-corrected chi connectivity index (χ2v) is 13.8. The minimum Gasteiger partial charge on any atom is -0.350 e. The zero-order valence-corrected chi connectivity index (χ0v) is 25.9. The van der Waals surface area contributed by atoms with Crippen molar-refractivity contribution in [1.82, 2.24) is 14.5 Å². The first kappa shape index (κ1) is 31.5. The van der Waals surface area contributed by atoms with Crippen molar-refractivity contribution in [3.63, 3.8) is 0 Å². The molecule has 214 valence electrons. The van der Waals surface area contributed by atoms with Crippen LogP contribution in [0, 0.1) is 0 Å². The average molecular weight is 629 g/mol. The van der Waals surface area contributed by atoms with E-state index in [2.05, 4.69) is 21.2 Å². The molecule has 0 aliphatic rings. The molecule has 0 heterocycles. The molecule has 0 radical (unpaired) electrons. The Hall–Kier alpha value is -3.01. The molecule has 0 saturated heterocycles. The Morgan fingerprint density at radius 3 is 2.10 bits per heavy atom. The van der Waals surface area contributed by atoms with Crippen molar-refractivity contribution < 1.29 is 18.0 Å². The van der Waals surface area contributed by atoms with Crippen molar-refractivity contribution >= 4 is 37.8 Å². The number of hydrogen-bond acceptors (Lipinski definition) is 4. The van der Waals surface area contributed by atoms with Crippen molar-refractivity contribution in [2.75, 3.05) is 13.6 Å². The van der Waals surface area contributed by atoms with Gasteiger partial charge in [-0.2, -0.15) is 0 Å². The summed E-state index contributed by atoms with van der Waals surface area (Å²) in [5.74, 6) is -0.445. The van der Waals surface area contributed by atoms with E-state index in [1.54, 1.807) is 35.2 Å². The highest BCUT2D eigenvalue weighted by atomic mass is 79.9.